The molecule has 0 aromatic heterocycles. The molecule has 3 aromatic carbocycles. The van der Waals surface area contributed by atoms with Crippen molar-refractivity contribution in [3.63, 3.8) is 0 Å². The van der Waals surface area contributed by atoms with Crippen molar-refractivity contribution in [3.8, 4) is 28.4 Å². The molecule has 0 atom stereocenters. The van der Waals surface area contributed by atoms with Crippen LogP contribution in [0.3, 0.4) is 0 Å². The Labute approximate surface area is 139 Å². The maximum Gasteiger partial charge on any atom is 0.204 e. The fourth-order valence-electron chi connectivity index (χ4n) is 3.54. The second kappa shape index (κ2) is 5.27. The molecule has 0 N–H and O–H groups in total. The standard InChI is InChI=1S/C20H16O4/c1-22-18-14-10-6-9-13-15(14)16(19(23-2)20(18)24-3)11-7-4-5-8-12(11)17(13)21/h4-10H,1-3H3. The molecular formula is C20H16O4. The first-order valence-corrected chi connectivity index (χ1v) is 7.61. The van der Waals surface area contributed by atoms with Crippen molar-refractivity contribution < 1.29 is 19.0 Å². The summed E-state index contributed by atoms with van der Waals surface area (Å²) in [5.74, 6) is 1.69. The molecule has 3 aromatic rings. The van der Waals surface area contributed by atoms with Crippen LogP contribution in [0.4, 0.5) is 0 Å². The minimum absolute atomic E-state index is 0.0120. The molecule has 24 heavy (non-hydrogen) atoms. The van der Waals surface area contributed by atoms with Crippen LogP contribution < -0.4 is 14.2 Å². The van der Waals surface area contributed by atoms with Gasteiger partial charge in [0.1, 0.15) is 0 Å². The number of rotatable bonds is 3. The molecule has 4 heteroatoms. The van der Waals surface area contributed by atoms with Gasteiger partial charge in [-0.2, -0.15) is 0 Å². The fraction of sp³-hybridized carbons (Fsp3) is 0.150. The maximum absolute atomic E-state index is 12.9. The predicted octanol–water partition coefficient (Wildman–Crippen LogP) is 4.08. The first-order chi connectivity index (χ1) is 11.7. The lowest BCUT2D eigenvalue weighted by atomic mass is 9.82. The molecule has 0 saturated heterocycles. The van der Waals surface area contributed by atoms with Gasteiger partial charge >= 0.3 is 0 Å². The van der Waals surface area contributed by atoms with Crippen LogP contribution in [0, 0.1) is 0 Å². The molecular weight excluding hydrogens is 304 g/mol. The fourth-order valence-corrected chi connectivity index (χ4v) is 3.54. The SMILES string of the molecule is COc1c(OC)c2c3c(cccc3c1OC)C(=O)c1ccccc1-2. The molecule has 0 saturated carbocycles. The van der Waals surface area contributed by atoms with Gasteiger partial charge in [-0.25, -0.2) is 0 Å². The Morgan fingerprint density at radius 1 is 0.667 bits per heavy atom. The number of hydrogen-bond donors (Lipinski definition) is 0. The minimum atomic E-state index is 0.0120. The van der Waals surface area contributed by atoms with Gasteiger partial charge in [0, 0.05) is 27.5 Å². The van der Waals surface area contributed by atoms with Gasteiger partial charge in [0.15, 0.2) is 17.3 Å². The van der Waals surface area contributed by atoms with Gasteiger partial charge in [0.05, 0.1) is 21.3 Å². The zero-order chi connectivity index (χ0) is 16.8. The van der Waals surface area contributed by atoms with Crippen molar-refractivity contribution in [1.29, 1.82) is 0 Å². The lowest BCUT2D eigenvalue weighted by molar-refractivity contribution is 0.104. The van der Waals surface area contributed by atoms with Crippen LogP contribution in [0.15, 0.2) is 42.5 Å². The first-order valence-electron chi connectivity index (χ1n) is 7.61. The highest BCUT2D eigenvalue weighted by atomic mass is 16.5. The Hall–Kier alpha value is -3.01. The summed E-state index contributed by atoms with van der Waals surface area (Å²) in [5, 5.41) is 1.68. The molecule has 0 radical (unpaired) electrons. The van der Waals surface area contributed by atoms with Gasteiger partial charge in [-0.05, 0) is 5.56 Å². The number of ether oxygens (including phenoxy) is 3. The van der Waals surface area contributed by atoms with E-state index < -0.39 is 0 Å². The van der Waals surface area contributed by atoms with Crippen molar-refractivity contribution in [2.75, 3.05) is 21.3 Å². The summed E-state index contributed by atoms with van der Waals surface area (Å²) in [5.41, 5.74) is 3.04. The minimum Gasteiger partial charge on any atom is -0.492 e. The lowest BCUT2D eigenvalue weighted by Crippen LogP contribution is -2.11. The summed E-state index contributed by atoms with van der Waals surface area (Å²) in [6, 6.07) is 13.2. The van der Waals surface area contributed by atoms with Crippen molar-refractivity contribution in [2.24, 2.45) is 0 Å². The first kappa shape index (κ1) is 14.6. The Morgan fingerprint density at radius 3 is 1.96 bits per heavy atom. The number of benzene rings is 3. The van der Waals surface area contributed by atoms with E-state index in [0.29, 0.717) is 28.4 Å². The number of methoxy groups -OCH3 is 3. The summed E-state index contributed by atoms with van der Waals surface area (Å²) in [4.78, 5) is 12.9. The van der Waals surface area contributed by atoms with E-state index >= 15 is 0 Å². The van der Waals surface area contributed by atoms with Crippen LogP contribution in [0.1, 0.15) is 15.9 Å². The van der Waals surface area contributed by atoms with Crippen LogP contribution in [-0.2, 0) is 0 Å². The molecule has 0 fully saturated rings. The molecule has 120 valence electrons. The highest BCUT2D eigenvalue weighted by Gasteiger charge is 2.32. The van der Waals surface area contributed by atoms with Crippen LogP contribution in [0.5, 0.6) is 17.2 Å². The average molecular weight is 320 g/mol. The molecule has 0 bridgehead atoms. The molecule has 1 aliphatic carbocycles. The Morgan fingerprint density at radius 2 is 1.29 bits per heavy atom. The second-order valence-electron chi connectivity index (χ2n) is 5.58. The van der Waals surface area contributed by atoms with Crippen molar-refractivity contribution in [3.05, 3.63) is 53.6 Å². The van der Waals surface area contributed by atoms with E-state index in [1.54, 1.807) is 21.3 Å². The molecule has 0 heterocycles. The zero-order valence-electron chi connectivity index (χ0n) is 13.7. The Kier molecular flexibility index (Phi) is 3.20. The van der Waals surface area contributed by atoms with Gasteiger partial charge < -0.3 is 14.2 Å². The van der Waals surface area contributed by atoms with E-state index in [0.717, 1.165) is 21.9 Å². The normalized spacial score (nSPS) is 12.0. The second-order valence-corrected chi connectivity index (χ2v) is 5.58. The third-order valence-electron chi connectivity index (χ3n) is 4.50. The largest absolute Gasteiger partial charge is 0.492 e. The van der Waals surface area contributed by atoms with E-state index in [4.69, 9.17) is 14.2 Å². The highest BCUT2D eigenvalue weighted by Crippen LogP contribution is 2.54. The topological polar surface area (TPSA) is 44.8 Å². The van der Waals surface area contributed by atoms with Crippen molar-refractivity contribution >= 4 is 16.6 Å². The number of hydrogen-bond acceptors (Lipinski definition) is 4. The van der Waals surface area contributed by atoms with Gasteiger partial charge in [0.2, 0.25) is 5.75 Å². The Balaban J connectivity index is 2.31. The molecule has 1 aliphatic rings. The van der Waals surface area contributed by atoms with E-state index in [2.05, 4.69) is 0 Å². The molecule has 0 spiro atoms. The number of carbonyl (C=O) groups excluding carboxylic acids is 1. The maximum atomic E-state index is 12.9. The van der Waals surface area contributed by atoms with E-state index in [1.807, 2.05) is 42.5 Å². The van der Waals surface area contributed by atoms with Crippen LogP contribution in [-0.4, -0.2) is 27.1 Å². The van der Waals surface area contributed by atoms with Gasteiger partial charge in [-0.3, -0.25) is 4.79 Å². The third-order valence-corrected chi connectivity index (χ3v) is 4.50. The van der Waals surface area contributed by atoms with Gasteiger partial charge in [-0.1, -0.05) is 42.5 Å². The number of fused-ring (bicyclic) bond motifs is 2. The summed E-state index contributed by atoms with van der Waals surface area (Å²) in [7, 11) is 4.77. The molecule has 0 unspecified atom stereocenters. The molecule has 4 nitrogen and oxygen atoms in total. The predicted molar refractivity (Wildman–Crippen MR) is 92.5 cm³/mol. The van der Waals surface area contributed by atoms with Crippen molar-refractivity contribution in [2.45, 2.75) is 0 Å². The highest BCUT2D eigenvalue weighted by molar-refractivity contribution is 6.27. The molecule has 4 rings (SSSR count). The summed E-state index contributed by atoms with van der Waals surface area (Å²) in [6.07, 6.45) is 0. The summed E-state index contributed by atoms with van der Waals surface area (Å²) >= 11 is 0. The Bertz CT molecular complexity index is 989. The average Bonchev–Trinajstić information content (AvgIpc) is 2.64. The van der Waals surface area contributed by atoms with E-state index in [-0.39, 0.29) is 5.78 Å². The van der Waals surface area contributed by atoms with Gasteiger partial charge in [0.25, 0.3) is 0 Å². The summed E-state index contributed by atoms with van der Waals surface area (Å²) < 4.78 is 16.8. The smallest absolute Gasteiger partial charge is 0.204 e. The lowest BCUT2D eigenvalue weighted by Gasteiger charge is -2.25. The third kappa shape index (κ3) is 1.71. The van der Waals surface area contributed by atoms with E-state index in [9.17, 15) is 4.79 Å². The molecule has 0 aliphatic heterocycles. The van der Waals surface area contributed by atoms with Gasteiger partial charge in [-0.15, -0.1) is 0 Å². The number of ketones is 1. The van der Waals surface area contributed by atoms with Crippen molar-refractivity contribution in [1.82, 2.24) is 0 Å². The van der Waals surface area contributed by atoms with E-state index in [1.165, 1.54) is 0 Å². The van der Waals surface area contributed by atoms with Crippen LogP contribution in [0.2, 0.25) is 0 Å². The quantitative estimate of drug-likeness (QED) is 0.570. The monoisotopic (exact) mass is 320 g/mol. The summed E-state index contributed by atoms with van der Waals surface area (Å²) in [6.45, 7) is 0. The molecule has 0 amide bonds. The number of carbonyl (C=O) groups is 1. The van der Waals surface area contributed by atoms with Crippen LogP contribution in [0.25, 0.3) is 21.9 Å². The zero-order valence-corrected chi connectivity index (χ0v) is 13.7. The van der Waals surface area contributed by atoms with Crippen LogP contribution >= 0.6 is 0 Å².